The molecule has 0 aliphatic rings. The third kappa shape index (κ3) is 5.33. The van der Waals surface area contributed by atoms with Crippen molar-refractivity contribution in [3.05, 3.63) is 110 Å². The average molecular weight is 496 g/mol. The van der Waals surface area contributed by atoms with Gasteiger partial charge < -0.3 is 10.3 Å². The number of aromatic amines is 1. The molecular formula is C23H17FN4O6S. The number of hydrogen-bond donors (Lipinski definition) is 3. The van der Waals surface area contributed by atoms with E-state index < -0.39 is 32.2 Å². The Bertz CT molecular complexity index is 1600. The maximum atomic E-state index is 13.1. The minimum atomic E-state index is -4.09. The number of anilines is 1. The number of fused-ring (bicyclic) bond motifs is 1. The summed E-state index contributed by atoms with van der Waals surface area (Å²) in [5, 5.41) is 13.6. The predicted molar refractivity (Wildman–Crippen MR) is 126 cm³/mol. The predicted octanol–water partition coefficient (Wildman–Crippen LogP) is 3.31. The van der Waals surface area contributed by atoms with E-state index in [2.05, 4.69) is 15.0 Å². The van der Waals surface area contributed by atoms with E-state index in [-0.39, 0.29) is 39.3 Å². The number of carbonyl (C=O) groups excluding carboxylic acids is 1. The van der Waals surface area contributed by atoms with E-state index in [9.17, 15) is 32.5 Å². The molecule has 10 nitrogen and oxygen atoms in total. The third-order valence-electron chi connectivity index (χ3n) is 5.07. The average Bonchev–Trinajstić information content (AvgIpc) is 2.83. The standard InChI is InChI=1S/C23H17FN4O6S/c24-15-3-5-16(6-4-15)27-35(33,34)18-9-10-21-19(11-18)20(12-22(29)26-21)23(30)25-13-14-1-7-17(8-2-14)28(31)32/h1-12,27H,13H2,(H,25,30)(H,26,29). The van der Waals surface area contributed by atoms with Crippen LogP contribution in [0, 0.1) is 15.9 Å². The summed E-state index contributed by atoms with van der Waals surface area (Å²) in [4.78, 5) is 37.6. The number of nitro benzene ring substituents is 1. The Morgan fingerprint density at radius 2 is 1.69 bits per heavy atom. The van der Waals surface area contributed by atoms with Crippen LogP contribution in [-0.4, -0.2) is 24.2 Å². The number of non-ortho nitro benzene ring substituents is 1. The van der Waals surface area contributed by atoms with Crippen molar-refractivity contribution in [2.24, 2.45) is 0 Å². The van der Waals surface area contributed by atoms with Gasteiger partial charge in [-0.25, -0.2) is 12.8 Å². The number of rotatable bonds is 7. The minimum absolute atomic E-state index is 0.0230. The van der Waals surface area contributed by atoms with E-state index in [0.29, 0.717) is 5.56 Å². The van der Waals surface area contributed by atoms with Crippen LogP contribution in [0.2, 0.25) is 0 Å². The molecule has 3 aromatic carbocycles. The van der Waals surface area contributed by atoms with Crippen LogP contribution >= 0.6 is 0 Å². The summed E-state index contributed by atoms with van der Waals surface area (Å²) in [7, 11) is -4.09. The van der Waals surface area contributed by atoms with Crippen molar-refractivity contribution < 1.29 is 22.5 Å². The SMILES string of the molecule is O=C(NCc1ccc([N+](=O)[O-])cc1)c1cc(=O)[nH]c2ccc(S(=O)(=O)Nc3ccc(F)cc3)cc12. The molecule has 0 unspecified atom stereocenters. The molecule has 0 bridgehead atoms. The molecule has 178 valence electrons. The maximum Gasteiger partial charge on any atom is 0.269 e. The lowest BCUT2D eigenvalue weighted by Gasteiger charge is -2.11. The number of aromatic nitrogens is 1. The van der Waals surface area contributed by atoms with Crippen LogP contribution in [0.5, 0.6) is 0 Å². The summed E-state index contributed by atoms with van der Waals surface area (Å²) in [6.45, 7) is 0.0230. The highest BCUT2D eigenvalue weighted by Gasteiger charge is 2.18. The largest absolute Gasteiger partial charge is 0.348 e. The molecule has 0 saturated heterocycles. The lowest BCUT2D eigenvalue weighted by atomic mass is 10.1. The Hall–Kier alpha value is -4.58. The van der Waals surface area contributed by atoms with Gasteiger partial charge in [-0.3, -0.25) is 24.4 Å². The molecule has 4 rings (SSSR count). The fourth-order valence-electron chi connectivity index (χ4n) is 3.33. The minimum Gasteiger partial charge on any atom is -0.348 e. The van der Waals surface area contributed by atoms with Gasteiger partial charge in [-0.05, 0) is 48.0 Å². The maximum absolute atomic E-state index is 13.1. The number of nitrogens with zero attached hydrogens (tertiary/aromatic N) is 1. The van der Waals surface area contributed by atoms with Crippen molar-refractivity contribution in [3.63, 3.8) is 0 Å². The van der Waals surface area contributed by atoms with Crippen molar-refractivity contribution in [1.82, 2.24) is 10.3 Å². The van der Waals surface area contributed by atoms with Crippen molar-refractivity contribution in [2.45, 2.75) is 11.4 Å². The molecule has 12 heteroatoms. The lowest BCUT2D eigenvalue weighted by molar-refractivity contribution is -0.384. The summed E-state index contributed by atoms with van der Waals surface area (Å²) in [5.41, 5.74) is 0.281. The van der Waals surface area contributed by atoms with Gasteiger partial charge in [0.05, 0.1) is 15.4 Å². The first-order valence-electron chi connectivity index (χ1n) is 10.1. The van der Waals surface area contributed by atoms with Crippen LogP contribution in [0.3, 0.4) is 0 Å². The number of carbonyl (C=O) groups is 1. The van der Waals surface area contributed by atoms with Crippen LogP contribution in [0.25, 0.3) is 10.9 Å². The first kappa shape index (κ1) is 23.6. The fourth-order valence-corrected chi connectivity index (χ4v) is 4.42. The Morgan fingerprint density at radius 3 is 2.34 bits per heavy atom. The highest BCUT2D eigenvalue weighted by molar-refractivity contribution is 7.92. The monoisotopic (exact) mass is 496 g/mol. The highest BCUT2D eigenvalue weighted by atomic mass is 32.2. The Balaban J connectivity index is 1.62. The molecule has 1 amide bonds. The second-order valence-electron chi connectivity index (χ2n) is 7.47. The normalized spacial score (nSPS) is 11.2. The third-order valence-corrected chi connectivity index (χ3v) is 6.45. The van der Waals surface area contributed by atoms with E-state index in [0.717, 1.165) is 18.2 Å². The molecule has 4 aromatic rings. The summed E-state index contributed by atoms with van der Waals surface area (Å²) < 4.78 is 41.1. The molecule has 35 heavy (non-hydrogen) atoms. The molecule has 0 spiro atoms. The van der Waals surface area contributed by atoms with Gasteiger partial charge in [-0.1, -0.05) is 12.1 Å². The number of pyridine rings is 1. The first-order chi connectivity index (χ1) is 16.6. The zero-order chi connectivity index (χ0) is 25.2. The molecule has 1 aromatic heterocycles. The van der Waals surface area contributed by atoms with E-state index in [1.54, 1.807) is 0 Å². The second kappa shape index (κ2) is 9.35. The van der Waals surface area contributed by atoms with Gasteiger partial charge >= 0.3 is 0 Å². The zero-order valence-electron chi connectivity index (χ0n) is 17.8. The van der Waals surface area contributed by atoms with Gasteiger partial charge in [0.25, 0.3) is 21.6 Å². The molecule has 0 saturated carbocycles. The number of hydrogen-bond acceptors (Lipinski definition) is 6. The molecule has 0 atom stereocenters. The molecule has 3 N–H and O–H groups in total. The van der Waals surface area contributed by atoms with Crippen LogP contribution in [0.1, 0.15) is 15.9 Å². The van der Waals surface area contributed by atoms with Crippen LogP contribution < -0.4 is 15.6 Å². The molecule has 0 fully saturated rings. The van der Waals surface area contributed by atoms with Gasteiger partial charge in [0.15, 0.2) is 0 Å². The smallest absolute Gasteiger partial charge is 0.269 e. The number of H-pyrrole nitrogens is 1. The molecule has 0 radical (unpaired) electrons. The van der Waals surface area contributed by atoms with Crippen molar-refractivity contribution >= 4 is 38.2 Å². The lowest BCUT2D eigenvalue weighted by Crippen LogP contribution is -2.25. The Morgan fingerprint density at radius 1 is 1.00 bits per heavy atom. The van der Waals surface area contributed by atoms with Crippen molar-refractivity contribution in [1.29, 1.82) is 0 Å². The van der Waals surface area contributed by atoms with Crippen LogP contribution in [0.15, 0.2) is 82.5 Å². The second-order valence-corrected chi connectivity index (χ2v) is 9.16. The number of amides is 1. The van der Waals surface area contributed by atoms with Gasteiger partial charge in [-0.15, -0.1) is 0 Å². The summed E-state index contributed by atoms with van der Waals surface area (Å²) in [6.07, 6.45) is 0. The fraction of sp³-hybridized carbons (Fsp3) is 0.0435. The Kier molecular flexibility index (Phi) is 6.30. The highest BCUT2D eigenvalue weighted by Crippen LogP contribution is 2.23. The summed E-state index contributed by atoms with van der Waals surface area (Å²) in [5.74, 6) is -1.16. The molecule has 0 aliphatic heterocycles. The number of benzene rings is 3. The van der Waals surface area contributed by atoms with Crippen molar-refractivity contribution in [2.75, 3.05) is 4.72 Å². The topological polar surface area (TPSA) is 151 Å². The first-order valence-corrected chi connectivity index (χ1v) is 11.6. The number of nitrogens with one attached hydrogen (secondary N) is 3. The van der Waals surface area contributed by atoms with Crippen LogP contribution in [-0.2, 0) is 16.6 Å². The molecular weight excluding hydrogens is 479 g/mol. The summed E-state index contributed by atoms with van der Waals surface area (Å²) in [6, 6.07) is 15.3. The quantitative estimate of drug-likeness (QED) is 0.264. The number of sulfonamides is 1. The van der Waals surface area contributed by atoms with E-state index in [1.165, 1.54) is 54.6 Å². The number of nitro groups is 1. The van der Waals surface area contributed by atoms with Gasteiger partial charge in [0.2, 0.25) is 5.56 Å². The van der Waals surface area contributed by atoms with Gasteiger partial charge in [-0.2, -0.15) is 0 Å². The van der Waals surface area contributed by atoms with E-state index >= 15 is 0 Å². The zero-order valence-corrected chi connectivity index (χ0v) is 18.6. The van der Waals surface area contributed by atoms with Gasteiger partial charge in [0.1, 0.15) is 5.82 Å². The number of halogens is 1. The van der Waals surface area contributed by atoms with Crippen molar-refractivity contribution in [3.8, 4) is 0 Å². The van der Waals surface area contributed by atoms with E-state index in [4.69, 9.17) is 0 Å². The van der Waals surface area contributed by atoms with Gasteiger partial charge in [0, 0.05) is 41.3 Å². The summed E-state index contributed by atoms with van der Waals surface area (Å²) >= 11 is 0. The van der Waals surface area contributed by atoms with E-state index in [1.807, 2.05) is 0 Å². The molecule has 1 heterocycles. The van der Waals surface area contributed by atoms with Crippen LogP contribution in [0.4, 0.5) is 15.8 Å². The molecule has 0 aliphatic carbocycles. The Labute approximate surface area is 197 Å².